The molecule has 0 unspecified atom stereocenters. The van der Waals surface area contributed by atoms with Gasteiger partial charge in [-0.25, -0.2) is 0 Å². The van der Waals surface area contributed by atoms with Crippen molar-refractivity contribution in [3.63, 3.8) is 0 Å². The molecule has 1 aliphatic rings. The van der Waals surface area contributed by atoms with Crippen molar-refractivity contribution in [2.24, 2.45) is 0 Å². The van der Waals surface area contributed by atoms with Crippen molar-refractivity contribution < 1.29 is 14.7 Å². The smallest absolute Gasteiger partial charge is 0.224 e. The highest BCUT2D eigenvalue weighted by atomic mass is 79.9. The predicted molar refractivity (Wildman–Crippen MR) is 91.1 cm³/mol. The Morgan fingerprint density at radius 1 is 1.35 bits per heavy atom. The number of carbonyl (C=O) groups excluding carboxylic acids is 2. The second-order valence-electron chi connectivity index (χ2n) is 7.00. The Morgan fingerprint density at radius 2 is 1.96 bits per heavy atom. The molecule has 1 heterocycles. The van der Waals surface area contributed by atoms with Gasteiger partial charge in [0.25, 0.3) is 0 Å². The van der Waals surface area contributed by atoms with Gasteiger partial charge in [0.1, 0.15) is 6.09 Å². The van der Waals surface area contributed by atoms with Crippen molar-refractivity contribution in [3.8, 4) is 0 Å². The van der Waals surface area contributed by atoms with E-state index in [2.05, 4.69) is 15.9 Å². The second kappa shape index (κ2) is 6.15. The number of fused-ring (bicyclic) bond motifs is 1. The standard InChI is InChI=1S/C17H23BrN2O3/c1-10-8-15(20(16(22)23)17(3,4)5)13-9-12(18)6-7-14(13)19(10)11(2)21/h6-7,9-10,15H,8H2,1-5H3,(H,22,23)/p-1/t10-,15+/m0/s1. The van der Waals surface area contributed by atoms with E-state index >= 15 is 0 Å². The summed E-state index contributed by atoms with van der Waals surface area (Å²) in [5.41, 5.74) is 0.994. The van der Waals surface area contributed by atoms with E-state index in [0.717, 1.165) is 15.7 Å². The molecule has 0 spiro atoms. The van der Waals surface area contributed by atoms with Crippen LogP contribution < -0.4 is 10.0 Å². The summed E-state index contributed by atoms with van der Waals surface area (Å²) < 4.78 is 0.853. The molecule has 23 heavy (non-hydrogen) atoms. The number of benzene rings is 1. The number of amides is 2. The van der Waals surface area contributed by atoms with Gasteiger partial charge in [0.2, 0.25) is 5.91 Å². The van der Waals surface area contributed by atoms with E-state index in [1.165, 1.54) is 11.8 Å². The molecule has 0 bridgehead atoms. The summed E-state index contributed by atoms with van der Waals surface area (Å²) in [7, 11) is 0. The first kappa shape index (κ1) is 17.8. The van der Waals surface area contributed by atoms with Crippen molar-refractivity contribution >= 4 is 33.6 Å². The van der Waals surface area contributed by atoms with Gasteiger partial charge in [-0.05, 0) is 57.9 Å². The summed E-state index contributed by atoms with van der Waals surface area (Å²) in [6.07, 6.45) is -0.661. The lowest BCUT2D eigenvalue weighted by molar-refractivity contribution is -0.274. The quantitative estimate of drug-likeness (QED) is 0.750. The number of carbonyl (C=O) groups is 2. The zero-order valence-electron chi connectivity index (χ0n) is 14.1. The van der Waals surface area contributed by atoms with Gasteiger partial charge in [0.15, 0.2) is 0 Å². The van der Waals surface area contributed by atoms with Crippen LogP contribution in [0.3, 0.4) is 0 Å². The van der Waals surface area contributed by atoms with Crippen molar-refractivity contribution in [3.05, 3.63) is 28.2 Å². The van der Waals surface area contributed by atoms with Crippen molar-refractivity contribution in [2.75, 3.05) is 4.90 Å². The number of carboxylic acid groups (broad SMARTS) is 1. The molecule has 2 amide bonds. The fourth-order valence-electron chi connectivity index (χ4n) is 3.40. The molecule has 0 radical (unpaired) electrons. The number of halogens is 1. The van der Waals surface area contributed by atoms with Crippen LogP contribution in [0.1, 0.15) is 52.6 Å². The zero-order chi connectivity index (χ0) is 17.5. The maximum atomic E-state index is 12.0. The maximum Gasteiger partial charge on any atom is 0.224 e. The van der Waals surface area contributed by atoms with Crippen LogP contribution in [0.2, 0.25) is 0 Å². The zero-order valence-corrected chi connectivity index (χ0v) is 15.7. The number of hydrogen-bond donors (Lipinski definition) is 0. The monoisotopic (exact) mass is 381 g/mol. The van der Waals surface area contributed by atoms with E-state index in [1.807, 2.05) is 45.9 Å². The van der Waals surface area contributed by atoms with Crippen molar-refractivity contribution in [1.82, 2.24) is 4.90 Å². The van der Waals surface area contributed by atoms with Gasteiger partial charge in [-0.15, -0.1) is 0 Å². The molecule has 6 heteroatoms. The first-order valence-corrected chi connectivity index (χ1v) is 8.43. The third-order valence-corrected chi connectivity index (χ3v) is 4.68. The highest BCUT2D eigenvalue weighted by Crippen LogP contribution is 2.43. The average molecular weight is 382 g/mol. The number of anilines is 1. The third kappa shape index (κ3) is 3.37. The Morgan fingerprint density at radius 3 is 2.43 bits per heavy atom. The van der Waals surface area contributed by atoms with Gasteiger partial charge < -0.3 is 19.7 Å². The van der Waals surface area contributed by atoms with Crippen LogP contribution >= 0.6 is 15.9 Å². The molecule has 5 nitrogen and oxygen atoms in total. The van der Waals surface area contributed by atoms with Crippen molar-refractivity contribution in [1.29, 1.82) is 0 Å². The van der Waals surface area contributed by atoms with Gasteiger partial charge in [0, 0.05) is 28.7 Å². The second-order valence-corrected chi connectivity index (χ2v) is 7.92. The van der Waals surface area contributed by atoms with E-state index < -0.39 is 11.6 Å². The molecule has 0 fully saturated rings. The molecular weight excluding hydrogens is 360 g/mol. The highest BCUT2D eigenvalue weighted by molar-refractivity contribution is 9.10. The van der Waals surface area contributed by atoms with E-state index in [-0.39, 0.29) is 18.0 Å². The van der Waals surface area contributed by atoms with Gasteiger partial charge in [0.05, 0.1) is 6.04 Å². The number of rotatable bonds is 1. The minimum absolute atomic E-state index is 0.0460. The summed E-state index contributed by atoms with van der Waals surface area (Å²) in [4.78, 5) is 26.9. The van der Waals surface area contributed by atoms with Gasteiger partial charge >= 0.3 is 0 Å². The summed E-state index contributed by atoms with van der Waals surface area (Å²) in [6.45, 7) is 9.02. The molecule has 1 aromatic rings. The summed E-state index contributed by atoms with van der Waals surface area (Å²) in [5, 5.41) is 11.8. The minimum Gasteiger partial charge on any atom is -0.530 e. The summed E-state index contributed by atoms with van der Waals surface area (Å²) in [5.74, 6) is -0.0460. The topological polar surface area (TPSA) is 63.7 Å². The minimum atomic E-state index is -1.20. The van der Waals surface area contributed by atoms with E-state index in [9.17, 15) is 14.7 Å². The van der Waals surface area contributed by atoms with Crippen LogP contribution in [0.5, 0.6) is 0 Å². The Hall–Kier alpha value is -1.56. The molecule has 0 N–H and O–H groups in total. The average Bonchev–Trinajstić information content (AvgIpc) is 2.36. The largest absolute Gasteiger partial charge is 0.530 e. The molecule has 0 saturated heterocycles. The van der Waals surface area contributed by atoms with Crippen LogP contribution in [0.25, 0.3) is 0 Å². The first-order valence-electron chi connectivity index (χ1n) is 7.63. The lowest BCUT2D eigenvalue weighted by atomic mass is 9.88. The van der Waals surface area contributed by atoms with Crippen LogP contribution in [-0.4, -0.2) is 28.5 Å². The lowest BCUT2D eigenvalue weighted by Crippen LogP contribution is -2.56. The lowest BCUT2D eigenvalue weighted by Gasteiger charge is -2.49. The predicted octanol–water partition coefficient (Wildman–Crippen LogP) is 3.08. The fraction of sp³-hybridized carbons (Fsp3) is 0.529. The Kier molecular flexibility index (Phi) is 4.76. The van der Waals surface area contributed by atoms with Gasteiger partial charge in [-0.1, -0.05) is 15.9 Å². The normalized spacial score (nSPS) is 20.9. The van der Waals surface area contributed by atoms with Crippen LogP contribution in [0.4, 0.5) is 10.5 Å². The van der Waals surface area contributed by atoms with E-state index in [0.29, 0.717) is 6.42 Å². The Labute approximate surface area is 145 Å². The SMILES string of the molecule is CC(=O)N1c2ccc(Br)cc2[C@H](N(C(=O)[O-])C(C)(C)C)C[C@@H]1C. The molecule has 0 aliphatic carbocycles. The molecule has 1 aliphatic heterocycles. The summed E-state index contributed by atoms with van der Waals surface area (Å²) >= 11 is 3.44. The number of hydrogen-bond acceptors (Lipinski definition) is 3. The molecule has 126 valence electrons. The molecular formula is C17H22BrN2O3-. The van der Waals surface area contributed by atoms with E-state index in [1.54, 1.807) is 4.90 Å². The Bertz CT molecular complexity index is 639. The van der Waals surface area contributed by atoms with E-state index in [4.69, 9.17) is 0 Å². The molecule has 0 aromatic heterocycles. The highest BCUT2D eigenvalue weighted by Gasteiger charge is 2.39. The molecule has 2 atom stereocenters. The number of nitrogens with zero attached hydrogens (tertiary/aromatic N) is 2. The third-order valence-electron chi connectivity index (χ3n) is 4.18. The van der Waals surface area contributed by atoms with Crippen LogP contribution in [-0.2, 0) is 4.79 Å². The van der Waals surface area contributed by atoms with Crippen LogP contribution in [0.15, 0.2) is 22.7 Å². The summed E-state index contributed by atoms with van der Waals surface area (Å²) in [6, 6.07) is 5.18. The van der Waals surface area contributed by atoms with Gasteiger partial charge in [-0.2, -0.15) is 0 Å². The molecule has 0 saturated carbocycles. The molecule has 2 rings (SSSR count). The first-order chi connectivity index (χ1) is 10.5. The van der Waals surface area contributed by atoms with Crippen molar-refractivity contribution in [2.45, 2.75) is 58.7 Å². The maximum absolute atomic E-state index is 12.0. The van der Waals surface area contributed by atoms with Crippen LogP contribution in [0, 0.1) is 0 Å². The Balaban J connectivity index is 2.63. The van der Waals surface area contributed by atoms with Gasteiger partial charge in [-0.3, -0.25) is 4.79 Å². The molecule has 1 aromatic carbocycles. The fourth-order valence-corrected chi connectivity index (χ4v) is 3.78.